The molecule has 0 spiro atoms. The molecule has 2 bridgehead atoms. The van der Waals surface area contributed by atoms with Crippen LogP contribution < -0.4 is 0 Å². The van der Waals surface area contributed by atoms with Crippen LogP contribution in [0.5, 0.6) is 0 Å². The highest BCUT2D eigenvalue weighted by Gasteiger charge is 2.80. The van der Waals surface area contributed by atoms with Crippen molar-refractivity contribution in [1.82, 2.24) is 4.90 Å². The van der Waals surface area contributed by atoms with Crippen LogP contribution in [-0.4, -0.2) is 48.9 Å². The number of fused-ring (bicyclic) bond motifs is 2. The summed E-state index contributed by atoms with van der Waals surface area (Å²) in [6, 6.07) is 13.7. The zero-order valence-electron chi connectivity index (χ0n) is 17.5. The number of nitro benzene ring substituents is 1. The zero-order chi connectivity index (χ0) is 23.3. The normalized spacial score (nSPS) is 28.5. The number of nitro groups is 1. The molecule has 1 amide bonds. The van der Waals surface area contributed by atoms with Crippen molar-refractivity contribution >= 4 is 23.5 Å². The summed E-state index contributed by atoms with van der Waals surface area (Å²) in [5, 5.41) is 11.1. The fourth-order valence-electron chi connectivity index (χ4n) is 4.84. The predicted octanol–water partition coefficient (Wildman–Crippen LogP) is 1.72. The third-order valence-corrected chi connectivity index (χ3v) is 6.23. The van der Waals surface area contributed by atoms with Crippen molar-refractivity contribution in [3.05, 3.63) is 75.8 Å². The van der Waals surface area contributed by atoms with E-state index >= 15 is 0 Å². The van der Waals surface area contributed by atoms with Gasteiger partial charge < -0.3 is 19.1 Å². The summed E-state index contributed by atoms with van der Waals surface area (Å²) in [6.45, 7) is 0. The van der Waals surface area contributed by atoms with Gasteiger partial charge in [0.25, 0.3) is 11.6 Å². The number of benzene rings is 2. The molecule has 4 atom stereocenters. The van der Waals surface area contributed by atoms with Crippen molar-refractivity contribution in [1.29, 1.82) is 0 Å². The lowest BCUT2D eigenvalue weighted by atomic mass is 9.68. The molecule has 0 N–H and O–H groups in total. The number of piperidine rings is 1. The minimum Gasteiger partial charge on any atom is -0.469 e. The lowest BCUT2D eigenvalue weighted by molar-refractivity contribution is -0.384. The standard InChI is InChI=1S/C22H20N2O8/c1-23-20(27)21(13-9-11-15(12-10-13)24(28)29)16(18(25)30-2)17(19(26)31-3)22(23,32-21)14-7-5-4-6-8-14/h4-12,16-17H,1-3H3/t16-,17+,21?,22?/m0/s1. The number of likely N-dealkylation sites (tertiary alicyclic amines) is 1. The molecular weight excluding hydrogens is 420 g/mol. The van der Waals surface area contributed by atoms with Gasteiger partial charge in [-0.2, -0.15) is 0 Å². The maximum Gasteiger partial charge on any atom is 0.315 e. The Morgan fingerprint density at radius 1 is 0.969 bits per heavy atom. The van der Waals surface area contributed by atoms with Gasteiger partial charge in [-0.1, -0.05) is 30.3 Å². The largest absolute Gasteiger partial charge is 0.469 e. The van der Waals surface area contributed by atoms with E-state index in [4.69, 9.17) is 14.2 Å². The molecule has 2 aliphatic rings. The fraction of sp³-hybridized carbons (Fsp3) is 0.318. The molecule has 2 aromatic rings. The summed E-state index contributed by atoms with van der Waals surface area (Å²) < 4.78 is 16.4. The number of non-ortho nitro benzene ring substituents is 1. The lowest BCUT2D eigenvalue weighted by Gasteiger charge is -2.41. The van der Waals surface area contributed by atoms with Gasteiger partial charge in [0, 0.05) is 24.7 Å². The van der Waals surface area contributed by atoms with Gasteiger partial charge in [0.05, 0.1) is 19.1 Å². The first kappa shape index (κ1) is 21.4. The van der Waals surface area contributed by atoms with E-state index in [0.717, 1.165) is 7.11 Å². The molecule has 0 saturated carbocycles. The molecule has 4 rings (SSSR count). The van der Waals surface area contributed by atoms with E-state index in [1.807, 2.05) is 0 Å². The Balaban J connectivity index is 2.02. The van der Waals surface area contributed by atoms with E-state index in [2.05, 4.69) is 0 Å². The molecule has 166 valence electrons. The average molecular weight is 440 g/mol. The van der Waals surface area contributed by atoms with E-state index in [1.165, 1.54) is 43.3 Å². The minimum absolute atomic E-state index is 0.194. The van der Waals surface area contributed by atoms with Crippen LogP contribution in [0.4, 0.5) is 5.69 Å². The highest BCUT2D eigenvalue weighted by Crippen LogP contribution is 2.64. The number of nitrogens with zero attached hydrogens (tertiary/aromatic N) is 2. The monoisotopic (exact) mass is 440 g/mol. The second-order valence-electron chi connectivity index (χ2n) is 7.57. The van der Waals surface area contributed by atoms with E-state index in [1.54, 1.807) is 30.3 Å². The quantitative estimate of drug-likeness (QED) is 0.391. The second-order valence-corrected chi connectivity index (χ2v) is 7.57. The summed E-state index contributed by atoms with van der Waals surface area (Å²) in [4.78, 5) is 51.6. The number of hydrogen-bond donors (Lipinski definition) is 0. The maximum atomic E-state index is 13.7. The van der Waals surface area contributed by atoms with Gasteiger partial charge in [0.2, 0.25) is 0 Å². The van der Waals surface area contributed by atoms with E-state index < -0.39 is 45.9 Å². The molecule has 0 aromatic heterocycles. The Morgan fingerprint density at radius 2 is 1.53 bits per heavy atom. The Labute approximate surface area is 182 Å². The molecule has 2 heterocycles. The van der Waals surface area contributed by atoms with Gasteiger partial charge in [-0.15, -0.1) is 0 Å². The van der Waals surface area contributed by atoms with E-state index in [-0.39, 0.29) is 11.3 Å². The zero-order valence-corrected chi connectivity index (χ0v) is 17.5. The Kier molecular flexibility index (Phi) is 4.97. The lowest BCUT2D eigenvalue weighted by Crippen LogP contribution is -2.59. The minimum atomic E-state index is -1.94. The number of hydrogen-bond acceptors (Lipinski definition) is 8. The summed E-state index contributed by atoms with van der Waals surface area (Å²) in [6.07, 6.45) is 0. The number of rotatable bonds is 5. The van der Waals surface area contributed by atoms with Crippen LogP contribution in [0, 0.1) is 22.0 Å². The summed E-state index contributed by atoms with van der Waals surface area (Å²) in [5.74, 6) is -4.80. The van der Waals surface area contributed by atoms with Crippen molar-refractivity contribution in [3.8, 4) is 0 Å². The molecule has 2 fully saturated rings. The second kappa shape index (κ2) is 7.41. The molecular formula is C22H20N2O8. The molecule has 2 saturated heterocycles. The predicted molar refractivity (Wildman–Crippen MR) is 108 cm³/mol. The van der Waals surface area contributed by atoms with Crippen LogP contribution in [0.25, 0.3) is 0 Å². The molecule has 32 heavy (non-hydrogen) atoms. The van der Waals surface area contributed by atoms with Crippen LogP contribution in [0.2, 0.25) is 0 Å². The van der Waals surface area contributed by atoms with Crippen molar-refractivity contribution in [2.75, 3.05) is 21.3 Å². The summed E-state index contributed by atoms with van der Waals surface area (Å²) in [5.41, 5.74) is -3.12. The highest BCUT2D eigenvalue weighted by molar-refractivity contribution is 6.00. The molecule has 10 heteroatoms. The third kappa shape index (κ3) is 2.59. The van der Waals surface area contributed by atoms with Gasteiger partial charge >= 0.3 is 11.9 Å². The first-order valence-corrected chi connectivity index (χ1v) is 9.70. The molecule has 0 radical (unpaired) electrons. The van der Waals surface area contributed by atoms with Crippen LogP contribution in [0.15, 0.2) is 54.6 Å². The first-order valence-electron chi connectivity index (χ1n) is 9.70. The third-order valence-electron chi connectivity index (χ3n) is 6.23. The number of ether oxygens (including phenoxy) is 3. The maximum absolute atomic E-state index is 13.7. The number of methoxy groups -OCH3 is 2. The SMILES string of the molecule is COC(=O)[C@@H]1[C@H](C(=O)OC)C2(c3ccccc3)OC1(c1ccc([N+](=O)[O-])cc1)C(=O)N2C. The molecule has 2 aromatic carbocycles. The highest BCUT2D eigenvalue weighted by atomic mass is 16.6. The number of carbonyl (C=O) groups excluding carboxylic acids is 3. The van der Waals surface area contributed by atoms with Gasteiger partial charge in [-0.05, 0) is 17.7 Å². The average Bonchev–Trinajstić information content (AvgIpc) is 3.27. The summed E-state index contributed by atoms with van der Waals surface area (Å²) in [7, 11) is 3.81. The van der Waals surface area contributed by atoms with E-state index in [0.29, 0.717) is 5.56 Å². The number of amides is 1. The first-order chi connectivity index (χ1) is 15.3. The molecule has 2 aliphatic heterocycles. The van der Waals surface area contributed by atoms with Crippen molar-refractivity contribution < 1.29 is 33.5 Å². The van der Waals surface area contributed by atoms with Gasteiger partial charge in [0.15, 0.2) is 11.3 Å². The summed E-state index contributed by atoms with van der Waals surface area (Å²) >= 11 is 0. The fourth-order valence-corrected chi connectivity index (χ4v) is 4.84. The van der Waals surface area contributed by atoms with Crippen LogP contribution in [0.1, 0.15) is 11.1 Å². The van der Waals surface area contributed by atoms with Crippen LogP contribution >= 0.6 is 0 Å². The van der Waals surface area contributed by atoms with Gasteiger partial charge in [0.1, 0.15) is 11.8 Å². The Hall–Kier alpha value is -3.79. The topological polar surface area (TPSA) is 125 Å². The molecule has 2 unspecified atom stereocenters. The van der Waals surface area contributed by atoms with Crippen LogP contribution in [0.3, 0.4) is 0 Å². The van der Waals surface area contributed by atoms with Gasteiger partial charge in [-0.25, -0.2) is 0 Å². The molecule has 10 nitrogen and oxygen atoms in total. The Morgan fingerprint density at radius 3 is 2.06 bits per heavy atom. The van der Waals surface area contributed by atoms with Crippen molar-refractivity contribution in [2.24, 2.45) is 11.8 Å². The van der Waals surface area contributed by atoms with E-state index in [9.17, 15) is 24.5 Å². The number of carbonyl (C=O) groups is 3. The smallest absolute Gasteiger partial charge is 0.315 e. The van der Waals surface area contributed by atoms with Crippen LogP contribution in [-0.2, 0) is 39.9 Å². The van der Waals surface area contributed by atoms with Crippen molar-refractivity contribution in [2.45, 2.75) is 11.3 Å². The molecule has 0 aliphatic carbocycles. The number of likely N-dealkylation sites (N-methyl/N-ethyl adjacent to an activating group) is 1. The number of esters is 2. The van der Waals surface area contributed by atoms with Crippen molar-refractivity contribution in [3.63, 3.8) is 0 Å². The Bertz CT molecular complexity index is 1100. The van der Waals surface area contributed by atoms with Gasteiger partial charge in [-0.3, -0.25) is 24.5 Å².